The molecule has 2 aromatic carbocycles. The number of hydrogen-bond donors (Lipinski definition) is 2. The van der Waals surface area contributed by atoms with Crippen molar-refractivity contribution in [2.45, 2.75) is 38.8 Å². The number of carbonyl (C=O) groups is 1. The minimum atomic E-state index is -4.18. The lowest BCUT2D eigenvalue weighted by molar-refractivity contribution is -0.146. The Bertz CT molecular complexity index is 1560. The number of ether oxygens (including phenoxy) is 2. The monoisotopic (exact) mass is 697 g/mol. The molecule has 0 saturated heterocycles. The van der Waals surface area contributed by atoms with Crippen molar-refractivity contribution < 1.29 is 27.9 Å². The number of rotatable bonds is 11. The minimum absolute atomic E-state index is 0.0433. The fraction of sp³-hybridized carbons (Fsp3) is 0.269. The van der Waals surface area contributed by atoms with E-state index in [1.807, 2.05) is 30.3 Å². The Balaban J connectivity index is 1.45. The van der Waals surface area contributed by atoms with Crippen molar-refractivity contribution in [1.82, 2.24) is 14.6 Å². The number of hydrogen-bond acceptors (Lipinski definition) is 8. The lowest BCUT2D eigenvalue weighted by atomic mass is 10.2. The van der Waals surface area contributed by atoms with Gasteiger partial charge in [-0.1, -0.05) is 52.3 Å². The Hall–Kier alpha value is -2.80. The van der Waals surface area contributed by atoms with E-state index >= 15 is 0 Å². The van der Waals surface area contributed by atoms with Gasteiger partial charge >= 0.3 is 19.4 Å². The second-order valence-electron chi connectivity index (χ2n) is 8.83. The highest BCUT2D eigenvalue weighted by molar-refractivity contribution is 9.11. The third-order valence-electron chi connectivity index (χ3n) is 5.68. The number of aromatic nitrogens is 2. The number of aryl methyl sites for hydroxylation is 1. The second kappa shape index (κ2) is 13.2. The first-order chi connectivity index (χ1) is 19.0. The number of esters is 1. The predicted octanol–water partition coefficient (Wildman–Crippen LogP) is 4.75. The fourth-order valence-corrected chi connectivity index (χ4v) is 6.38. The molecule has 0 radical (unpaired) electrons. The first-order valence-corrected chi connectivity index (χ1v) is 15.2. The molecule has 0 amide bonds. The third kappa shape index (κ3) is 7.90. The van der Waals surface area contributed by atoms with E-state index in [9.17, 15) is 18.9 Å². The van der Waals surface area contributed by atoms with Crippen LogP contribution in [0.3, 0.4) is 0 Å². The van der Waals surface area contributed by atoms with Crippen LogP contribution >= 0.6 is 39.6 Å². The normalized spacial score (nSPS) is 18.7. The van der Waals surface area contributed by atoms with Gasteiger partial charge in [0.25, 0.3) is 5.56 Å². The van der Waals surface area contributed by atoms with Crippen molar-refractivity contribution in [2.75, 3.05) is 6.61 Å². The fourth-order valence-electron chi connectivity index (χ4n) is 3.60. The number of nitrogens with one attached hydrogen (secondary N) is 2. The van der Waals surface area contributed by atoms with E-state index in [2.05, 4.69) is 41.9 Å². The molecule has 2 heterocycles. The van der Waals surface area contributed by atoms with Crippen LogP contribution in [0, 0.1) is 6.92 Å². The highest BCUT2D eigenvalue weighted by Gasteiger charge is 2.35. The molecule has 2 N–H and O–H groups in total. The van der Waals surface area contributed by atoms with Gasteiger partial charge in [0, 0.05) is 16.2 Å². The molecule has 11 nitrogen and oxygen atoms in total. The number of nitrogens with zero attached hydrogens (tertiary/aromatic N) is 1. The molecule has 212 valence electrons. The summed E-state index contributed by atoms with van der Waals surface area (Å²) in [5, 5.41) is 2.64. The molecule has 1 aromatic heterocycles. The highest BCUT2D eigenvalue weighted by atomic mass is 79.9. The van der Waals surface area contributed by atoms with Gasteiger partial charge in [-0.2, -0.15) is 5.09 Å². The first-order valence-electron chi connectivity index (χ1n) is 12.1. The van der Waals surface area contributed by atoms with Crippen LogP contribution in [-0.4, -0.2) is 34.3 Å². The summed E-state index contributed by atoms with van der Waals surface area (Å²) in [6.07, 6.45) is 3.12. The lowest BCUT2D eigenvalue weighted by Gasteiger charge is -2.24. The van der Waals surface area contributed by atoms with Gasteiger partial charge in [-0.3, -0.25) is 23.7 Å². The lowest BCUT2D eigenvalue weighted by Crippen LogP contribution is -2.36. The summed E-state index contributed by atoms with van der Waals surface area (Å²) in [6.45, 7) is 2.85. The second-order valence-corrected chi connectivity index (χ2v) is 12.3. The van der Waals surface area contributed by atoms with Gasteiger partial charge in [0.05, 0.1) is 11.1 Å². The van der Waals surface area contributed by atoms with Crippen molar-refractivity contribution in [1.29, 1.82) is 0 Å². The molecular weight excluding hydrogens is 673 g/mol. The summed E-state index contributed by atoms with van der Waals surface area (Å²) >= 11 is 6.72. The van der Waals surface area contributed by atoms with Gasteiger partial charge in [0.15, 0.2) is 6.23 Å². The van der Waals surface area contributed by atoms with E-state index in [-0.39, 0.29) is 19.0 Å². The van der Waals surface area contributed by atoms with Gasteiger partial charge in [-0.25, -0.2) is 9.36 Å². The van der Waals surface area contributed by atoms with Crippen molar-refractivity contribution in [2.24, 2.45) is 0 Å². The number of carbonyl (C=O) groups excluding carboxylic acids is 1. The number of aromatic amines is 1. The summed E-state index contributed by atoms with van der Waals surface area (Å²) in [7, 11) is -4.18. The minimum Gasteiger partial charge on any atom is -0.460 e. The Kier molecular flexibility index (Phi) is 9.99. The molecular formula is C26H26Br2N3O8P. The van der Waals surface area contributed by atoms with Crippen LogP contribution in [0.2, 0.25) is 0 Å². The maximum Gasteiger partial charge on any atom is 0.459 e. The van der Waals surface area contributed by atoms with E-state index in [4.69, 9.17) is 18.5 Å². The van der Waals surface area contributed by atoms with E-state index in [1.54, 1.807) is 37.3 Å². The maximum atomic E-state index is 13.9. The van der Waals surface area contributed by atoms with Gasteiger partial charge in [-0.15, -0.1) is 0 Å². The number of H-pyrrole nitrogens is 1. The molecule has 3 aromatic rings. The van der Waals surface area contributed by atoms with Crippen LogP contribution < -0.4 is 20.9 Å². The van der Waals surface area contributed by atoms with Crippen LogP contribution in [-0.2, 0) is 30.0 Å². The Morgan fingerprint density at radius 2 is 1.93 bits per heavy atom. The van der Waals surface area contributed by atoms with Crippen LogP contribution in [0.5, 0.6) is 5.75 Å². The molecule has 0 saturated carbocycles. The largest absolute Gasteiger partial charge is 0.460 e. The van der Waals surface area contributed by atoms with E-state index in [0.717, 1.165) is 10.0 Å². The van der Waals surface area contributed by atoms with Crippen LogP contribution in [0.15, 0.2) is 85.4 Å². The summed E-state index contributed by atoms with van der Waals surface area (Å²) < 4.78 is 39.0. The van der Waals surface area contributed by atoms with Gasteiger partial charge < -0.3 is 14.0 Å². The summed E-state index contributed by atoms with van der Waals surface area (Å²) in [4.78, 5) is 38.8. The standard InChI is InChI=1S/C26H26Br2N3O8P/c1-16-13-31(26(34)29-24(16)32)23-11-9-20(38-23)15-37-40(35,39-22-10-8-19(27)12-21(22)28)30-17(2)25(33)36-14-18-6-4-3-5-7-18/h3-13,17,20,23H,14-15H2,1-2H3,(H,30,35)(H,29,32,34)/t17-,20-,23+,40?/m0/s1. The summed E-state index contributed by atoms with van der Waals surface area (Å²) in [6, 6.07) is 13.1. The Morgan fingerprint density at radius 1 is 1.18 bits per heavy atom. The van der Waals surface area contributed by atoms with Gasteiger partial charge in [0.2, 0.25) is 0 Å². The molecule has 4 rings (SSSR count). The third-order valence-corrected chi connectivity index (χ3v) is 8.42. The summed E-state index contributed by atoms with van der Waals surface area (Å²) in [5.74, 6) is -0.448. The van der Waals surface area contributed by atoms with Gasteiger partial charge in [-0.05, 0) is 59.6 Å². The molecule has 1 aliphatic heterocycles. The first kappa shape index (κ1) is 30.2. The van der Waals surface area contributed by atoms with Crippen molar-refractivity contribution in [3.05, 3.63) is 108 Å². The molecule has 0 spiro atoms. The molecule has 0 fully saturated rings. The zero-order chi connectivity index (χ0) is 28.9. The van der Waals surface area contributed by atoms with E-state index in [1.165, 1.54) is 17.7 Å². The van der Waals surface area contributed by atoms with E-state index < -0.39 is 43.3 Å². The molecule has 1 aliphatic rings. The molecule has 0 aliphatic carbocycles. The van der Waals surface area contributed by atoms with E-state index in [0.29, 0.717) is 10.0 Å². The number of halogens is 2. The molecule has 40 heavy (non-hydrogen) atoms. The van der Waals surface area contributed by atoms with Crippen LogP contribution in [0.4, 0.5) is 0 Å². The molecule has 14 heteroatoms. The van der Waals surface area contributed by atoms with Crippen molar-refractivity contribution >= 4 is 45.6 Å². The average Bonchev–Trinajstić information content (AvgIpc) is 3.39. The Morgan fingerprint density at radius 3 is 2.65 bits per heavy atom. The SMILES string of the molecule is Cc1cn([C@H]2C=C[C@@H](COP(=O)(N[C@@H](C)C(=O)OCc3ccccc3)Oc3ccc(Br)cc3Br)O2)c(=O)[nH]c1=O. The molecule has 0 bridgehead atoms. The van der Waals surface area contributed by atoms with Crippen molar-refractivity contribution in [3.63, 3.8) is 0 Å². The average molecular weight is 699 g/mol. The zero-order valence-electron chi connectivity index (χ0n) is 21.4. The Labute approximate surface area is 246 Å². The van der Waals surface area contributed by atoms with Gasteiger partial charge in [0.1, 0.15) is 24.5 Å². The molecule has 1 unspecified atom stereocenters. The molecule has 4 atom stereocenters. The summed E-state index contributed by atoms with van der Waals surface area (Å²) in [5.41, 5.74) is 0.0221. The smallest absolute Gasteiger partial charge is 0.459 e. The number of benzene rings is 2. The van der Waals surface area contributed by atoms with Crippen LogP contribution in [0.25, 0.3) is 0 Å². The predicted molar refractivity (Wildman–Crippen MR) is 154 cm³/mol. The van der Waals surface area contributed by atoms with Crippen LogP contribution in [0.1, 0.15) is 24.3 Å². The maximum absolute atomic E-state index is 13.9. The quantitative estimate of drug-likeness (QED) is 0.165. The highest BCUT2D eigenvalue weighted by Crippen LogP contribution is 2.47. The van der Waals surface area contributed by atoms with Crippen molar-refractivity contribution in [3.8, 4) is 5.75 Å². The topological polar surface area (TPSA) is 138 Å². The zero-order valence-corrected chi connectivity index (χ0v) is 25.5.